The molecule has 1 aromatic rings. The Balaban J connectivity index is 3.25. The topological polar surface area (TPSA) is 83.8 Å². The van der Waals surface area contributed by atoms with Gasteiger partial charge >= 0.3 is 12.3 Å². The second kappa shape index (κ2) is 6.90. The van der Waals surface area contributed by atoms with Crippen molar-refractivity contribution in [3.8, 4) is 5.75 Å². The van der Waals surface area contributed by atoms with Crippen LogP contribution in [0, 0.1) is 0 Å². The molecule has 1 atom stereocenters. The number of halogens is 4. The van der Waals surface area contributed by atoms with Crippen LogP contribution in [-0.2, 0) is 4.79 Å². The number of ether oxygens (including phenoxy) is 1. The van der Waals surface area contributed by atoms with Crippen LogP contribution in [0.5, 0.6) is 5.75 Å². The first-order valence-electron chi connectivity index (χ1n) is 5.55. The highest BCUT2D eigenvalue weighted by atomic mass is 79.9. The van der Waals surface area contributed by atoms with E-state index in [1.807, 2.05) is 0 Å². The highest BCUT2D eigenvalue weighted by Gasteiger charge is 2.32. The maximum Gasteiger partial charge on any atom is 0.573 e. The molecule has 5 nitrogen and oxygen atoms in total. The average Bonchev–Trinajstić information content (AvgIpc) is 2.35. The van der Waals surface area contributed by atoms with Crippen LogP contribution in [0.3, 0.4) is 0 Å². The predicted octanol–water partition coefficient (Wildman–Crippen LogP) is 2.67. The zero-order valence-corrected chi connectivity index (χ0v) is 11.9. The Kier molecular flexibility index (Phi) is 5.73. The molecule has 9 heteroatoms. The van der Waals surface area contributed by atoms with Crippen LogP contribution in [0.4, 0.5) is 13.2 Å². The van der Waals surface area contributed by atoms with Gasteiger partial charge in [-0.05, 0) is 23.8 Å². The van der Waals surface area contributed by atoms with E-state index in [0.29, 0.717) is 0 Å². The van der Waals surface area contributed by atoms with Gasteiger partial charge in [0.2, 0.25) is 0 Å². The molecule has 21 heavy (non-hydrogen) atoms. The molecule has 0 aliphatic carbocycles. The Hall–Kier alpha value is -1.61. The number of hydrogen-bond acceptors (Lipinski definition) is 4. The number of aliphatic hydroxyl groups excluding tert-OH is 1. The van der Waals surface area contributed by atoms with Gasteiger partial charge in [-0.2, -0.15) is 0 Å². The minimum atomic E-state index is -5.00. The molecule has 0 amide bonds. The van der Waals surface area contributed by atoms with E-state index in [4.69, 9.17) is 5.11 Å². The lowest BCUT2D eigenvalue weighted by Gasteiger charge is -2.13. The minimum absolute atomic E-state index is 0.00191. The van der Waals surface area contributed by atoms with Crippen molar-refractivity contribution in [1.29, 1.82) is 0 Å². The molecule has 2 N–H and O–H groups in total. The van der Waals surface area contributed by atoms with Crippen LogP contribution in [0.1, 0.15) is 28.4 Å². The number of alkyl halides is 4. The van der Waals surface area contributed by atoms with Gasteiger partial charge < -0.3 is 14.9 Å². The monoisotopic (exact) mass is 370 g/mol. The molecule has 1 unspecified atom stereocenters. The van der Waals surface area contributed by atoms with Gasteiger partial charge in [0.15, 0.2) is 11.9 Å². The number of carbonyl (C=O) groups excluding carboxylic acids is 1. The number of carbonyl (C=O) groups is 2. The third-order valence-electron chi connectivity index (χ3n) is 2.36. The fraction of sp³-hybridized carbons (Fsp3) is 0.333. The summed E-state index contributed by atoms with van der Waals surface area (Å²) in [7, 11) is 0. The summed E-state index contributed by atoms with van der Waals surface area (Å²) < 4.78 is 40.3. The molecule has 0 saturated carbocycles. The minimum Gasteiger partial charge on any atom is -0.479 e. The Morgan fingerprint density at radius 2 is 1.90 bits per heavy atom. The van der Waals surface area contributed by atoms with E-state index in [2.05, 4.69) is 20.7 Å². The SMILES string of the molecule is O=C(CCBr)c1cc(OC(F)(F)F)cc(C(O)C(=O)O)c1. The fourth-order valence-electron chi connectivity index (χ4n) is 1.51. The quantitative estimate of drug-likeness (QED) is 0.594. The Morgan fingerprint density at radius 1 is 1.29 bits per heavy atom. The van der Waals surface area contributed by atoms with Crippen molar-refractivity contribution >= 4 is 27.7 Å². The zero-order chi connectivity index (χ0) is 16.2. The second-order valence-corrected chi connectivity index (χ2v) is 4.73. The third kappa shape index (κ3) is 5.35. The number of aliphatic hydroxyl groups is 1. The van der Waals surface area contributed by atoms with Crippen LogP contribution in [0.25, 0.3) is 0 Å². The van der Waals surface area contributed by atoms with Crippen molar-refractivity contribution in [2.45, 2.75) is 18.9 Å². The van der Waals surface area contributed by atoms with Crippen LogP contribution in [0.2, 0.25) is 0 Å². The smallest absolute Gasteiger partial charge is 0.479 e. The molecule has 1 aromatic carbocycles. The Labute approximate surface area is 125 Å². The van der Waals surface area contributed by atoms with Crippen LogP contribution >= 0.6 is 15.9 Å². The lowest BCUT2D eigenvalue weighted by Crippen LogP contribution is -2.18. The van der Waals surface area contributed by atoms with Crippen molar-refractivity contribution in [3.05, 3.63) is 29.3 Å². The molecule has 0 aromatic heterocycles. The summed E-state index contributed by atoms with van der Waals surface area (Å²) in [5, 5.41) is 18.4. The molecule has 1 rings (SSSR count). The number of carboxylic acids is 1. The fourth-order valence-corrected chi connectivity index (χ4v) is 1.87. The third-order valence-corrected chi connectivity index (χ3v) is 2.75. The Morgan fingerprint density at radius 3 is 2.38 bits per heavy atom. The Bertz CT molecular complexity index is 544. The van der Waals surface area contributed by atoms with Gasteiger partial charge in [0.25, 0.3) is 0 Å². The van der Waals surface area contributed by atoms with Gasteiger partial charge in [0.1, 0.15) is 5.75 Å². The number of hydrogen-bond donors (Lipinski definition) is 2. The van der Waals surface area contributed by atoms with Crippen molar-refractivity contribution in [2.75, 3.05) is 5.33 Å². The first-order valence-corrected chi connectivity index (χ1v) is 6.67. The van der Waals surface area contributed by atoms with Crippen LogP contribution in [0.15, 0.2) is 18.2 Å². The van der Waals surface area contributed by atoms with Crippen molar-refractivity contribution < 1.29 is 37.7 Å². The number of rotatable bonds is 6. The molecular weight excluding hydrogens is 361 g/mol. The largest absolute Gasteiger partial charge is 0.573 e. The maximum absolute atomic E-state index is 12.2. The summed E-state index contributed by atoms with van der Waals surface area (Å²) in [5.74, 6) is -2.94. The molecule has 0 saturated heterocycles. The molecule has 0 aliphatic rings. The van der Waals surface area contributed by atoms with E-state index in [-0.39, 0.29) is 22.9 Å². The van der Waals surface area contributed by atoms with Gasteiger partial charge in [-0.15, -0.1) is 13.2 Å². The van der Waals surface area contributed by atoms with E-state index in [1.165, 1.54) is 0 Å². The van der Waals surface area contributed by atoms with E-state index in [0.717, 1.165) is 18.2 Å². The number of carboxylic acid groups (broad SMARTS) is 1. The van der Waals surface area contributed by atoms with Crippen molar-refractivity contribution in [2.24, 2.45) is 0 Å². The first kappa shape index (κ1) is 17.4. The van der Waals surface area contributed by atoms with Gasteiger partial charge in [-0.3, -0.25) is 4.79 Å². The van der Waals surface area contributed by atoms with E-state index < -0.39 is 30.0 Å². The lowest BCUT2D eigenvalue weighted by molar-refractivity contribution is -0.274. The predicted molar refractivity (Wildman–Crippen MR) is 68.5 cm³/mol. The molecule has 0 bridgehead atoms. The van der Waals surface area contributed by atoms with Crippen molar-refractivity contribution in [1.82, 2.24) is 0 Å². The number of ketones is 1. The molecule has 0 fully saturated rings. The van der Waals surface area contributed by atoms with Gasteiger partial charge in [0, 0.05) is 17.3 Å². The summed E-state index contributed by atoms with van der Waals surface area (Å²) in [6.45, 7) is 0. The standard InChI is InChI=1S/C12H10BrF3O5/c13-2-1-9(17)6-3-7(10(18)11(19)20)5-8(4-6)21-12(14,15)16/h3-5,10,18H,1-2H2,(H,19,20). The van der Waals surface area contributed by atoms with E-state index in [9.17, 15) is 27.9 Å². The molecule has 0 aliphatic heterocycles. The van der Waals surface area contributed by atoms with Crippen molar-refractivity contribution in [3.63, 3.8) is 0 Å². The van der Waals surface area contributed by atoms with Crippen LogP contribution < -0.4 is 4.74 Å². The molecular formula is C12H10BrF3O5. The molecule has 0 heterocycles. The zero-order valence-electron chi connectivity index (χ0n) is 10.4. The number of benzene rings is 1. The lowest BCUT2D eigenvalue weighted by atomic mass is 10.0. The number of aliphatic carboxylic acids is 1. The van der Waals surface area contributed by atoms with Crippen LogP contribution in [-0.4, -0.2) is 33.7 Å². The van der Waals surface area contributed by atoms with E-state index in [1.54, 1.807) is 0 Å². The second-order valence-electron chi connectivity index (χ2n) is 3.94. The normalized spacial score (nSPS) is 12.8. The highest BCUT2D eigenvalue weighted by Crippen LogP contribution is 2.28. The summed E-state index contributed by atoms with van der Waals surface area (Å²) in [6.07, 6.45) is -7.06. The van der Waals surface area contributed by atoms with Gasteiger partial charge in [-0.1, -0.05) is 15.9 Å². The molecule has 116 valence electrons. The maximum atomic E-state index is 12.2. The average molecular weight is 371 g/mol. The molecule has 0 radical (unpaired) electrons. The highest BCUT2D eigenvalue weighted by molar-refractivity contribution is 9.09. The van der Waals surface area contributed by atoms with E-state index >= 15 is 0 Å². The summed E-state index contributed by atoms with van der Waals surface area (Å²) in [4.78, 5) is 22.4. The molecule has 0 spiro atoms. The first-order chi connectivity index (χ1) is 9.64. The summed E-state index contributed by atoms with van der Waals surface area (Å²) in [6, 6.07) is 2.58. The van der Waals surface area contributed by atoms with Gasteiger partial charge in [-0.25, -0.2) is 4.79 Å². The summed E-state index contributed by atoms with van der Waals surface area (Å²) in [5.41, 5.74) is -0.548. The summed E-state index contributed by atoms with van der Waals surface area (Å²) >= 11 is 3.01. The van der Waals surface area contributed by atoms with Gasteiger partial charge in [0.05, 0.1) is 0 Å². The number of Topliss-reactive ketones (excluding diaryl/α,β-unsaturated/α-hetero) is 1.